The minimum atomic E-state index is -0.109. The van der Waals surface area contributed by atoms with Gasteiger partial charge >= 0.3 is 0 Å². The maximum absolute atomic E-state index is 12.9. The molecule has 6 nitrogen and oxygen atoms in total. The van der Waals surface area contributed by atoms with E-state index in [0.29, 0.717) is 6.04 Å². The van der Waals surface area contributed by atoms with Crippen LogP contribution in [0.15, 0.2) is 30.3 Å². The molecular formula is C21H30N4O2. The van der Waals surface area contributed by atoms with Crippen molar-refractivity contribution in [3.8, 4) is 0 Å². The normalized spacial score (nSPS) is 24.6. The number of rotatable bonds is 6. The molecule has 4 rings (SSSR count). The van der Waals surface area contributed by atoms with Gasteiger partial charge in [-0.05, 0) is 31.9 Å². The van der Waals surface area contributed by atoms with E-state index in [1.54, 1.807) is 11.9 Å². The van der Waals surface area contributed by atoms with E-state index in [1.807, 2.05) is 13.1 Å². The number of benzene rings is 1. The topological polar surface area (TPSA) is 55.9 Å². The summed E-state index contributed by atoms with van der Waals surface area (Å²) < 4.78 is 0. The Bertz CT molecular complexity index is 697. The predicted octanol–water partition coefficient (Wildman–Crippen LogP) is 0.930. The second-order valence-electron chi connectivity index (χ2n) is 8.80. The van der Waals surface area contributed by atoms with Crippen LogP contribution in [0.5, 0.6) is 0 Å². The van der Waals surface area contributed by atoms with Gasteiger partial charge in [-0.15, -0.1) is 0 Å². The largest absolute Gasteiger partial charge is 0.352 e. The Kier molecular flexibility index (Phi) is 4.95. The second-order valence-corrected chi connectivity index (χ2v) is 8.80. The first-order chi connectivity index (χ1) is 12.9. The molecule has 1 atom stereocenters. The highest BCUT2D eigenvalue weighted by Crippen LogP contribution is 2.42. The van der Waals surface area contributed by atoms with Crippen molar-refractivity contribution in [1.29, 1.82) is 0 Å². The van der Waals surface area contributed by atoms with Gasteiger partial charge in [-0.25, -0.2) is 0 Å². The van der Waals surface area contributed by atoms with Crippen molar-refractivity contribution >= 4 is 11.8 Å². The van der Waals surface area contributed by atoms with Crippen molar-refractivity contribution in [2.24, 2.45) is 5.41 Å². The molecule has 1 aromatic carbocycles. The van der Waals surface area contributed by atoms with E-state index in [9.17, 15) is 9.59 Å². The van der Waals surface area contributed by atoms with E-state index in [-0.39, 0.29) is 29.8 Å². The first kappa shape index (κ1) is 18.4. The van der Waals surface area contributed by atoms with Crippen LogP contribution in [0.2, 0.25) is 0 Å². The minimum absolute atomic E-state index is 0.0404. The lowest BCUT2D eigenvalue weighted by Gasteiger charge is -2.48. The van der Waals surface area contributed by atoms with Crippen LogP contribution in [0.1, 0.15) is 24.8 Å². The van der Waals surface area contributed by atoms with E-state index in [2.05, 4.69) is 39.4 Å². The van der Waals surface area contributed by atoms with Crippen molar-refractivity contribution in [2.45, 2.75) is 37.9 Å². The van der Waals surface area contributed by atoms with Crippen LogP contribution in [0.4, 0.5) is 0 Å². The Hall–Kier alpha value is -1.92. The zero-order valence-corrected chi connectivity index (χ0v) is 16.4. The molecule has 1 unspecified atom stereocenters. The molecule has 1 saturated carbocycles. The number of hydrogen-bond donors (Lipinski definition) is 1. The van der Waals surface area contributed by atoms with Crippen molar-refractivity contribution in [2.75, 3.05) is 40.3 Å². The van der Waals surface area contributed by atoms with Gasteiger partial charge in [0.05, 0.1) is 12.6 Å². The number of nitrogens with zero attached hydrogens (tertiary/aromatic N) is 3. The molecule has 6 heteroatoms. The van der Waals surface area contributed by atoms with Crippen molar-refractivity contribution in [3.05, 3.63) is 35.9 Å². The summed E-state index contributed by atoms with van der Waals surface area (Å²) in [6, 6.07) is 10.8. The highest BCUT2D eigenvalue weighted by molar-refractivity contribution is 5.87. The first-order valence-electron chi connectivity index (χ1n) is 9.95. The van der Waals surface area contributed by atoms with E-state index < -0.39 is 0 Å². The van der Waals surface area contributed by atoms with Crippen LogP contribution in [0.25, 0.3) is 0 Å². The standard InChI is InChI=1S/C21H30N4O2/c1-23(12-19(26)22-17-8-9-17)20(27)18-10-21(13-24(18)2)14-25(15-21)11-16-6-4-3-5-7-16/h3-7,17-18H,8-15H2,1-2H3,(H,22,26). The molecule has 2 amide bonds. The fourth-order valence-corrected chi connectivity index (χ4v) is 4.68. The summed E-state index contributed by atoms with van der Waals surface area (Å²) in [5, 5.41) is 2.96. The van der Waals surface area contributed by atoms with Gasteiger partial charge in [0.2, 0.25) is 11.8 Å². The van der Waals surface area contributed by atoms with Crippen LogP contribution in [-0.2, 0) is 16.1 Å². The van der Waals surface area contributed by atoms with Gasteiger partial charge < -0.3 is 10.2 Å². The zero-order chi connectivity index (χ0) is 19.0. The number of carbonyl (C=O) groups excluding carboxylic acids is 2. The molecule has 0 bridgehead atoms. The van der Waals surface area contributed by atoms with Crippen LogP contribution in [0.3, 0.4) is 0 Å². The van der Waals surface area contributed by atoms with Crippen LogP contribution in [0, 0.1) is 5.41 Å². The molecule has 1 aromatic rings. The first-order valence-corrected chi connectivity index (χ1v) is 9.95. The van der Waals surface area contributed by atoms with Gasteiger partial charge in [0.15, 0.2) is 0 Å². The van der Waals surface area contributed by atoms with Gasteiger partial charge in [-0.1, -0.05) is 30.3 Å². The number of hydrogen-bond acceptors (Lipinski definition) is 4. The quantitative estimate of drug-likeness (QED) is 0.809. The number of amides is 2. The summed E-state index contributed by atoms with van der Waals surface area (Å²) in [5.74, 6) is 0.0308. The molecule has 1 aliphatic carbocycles. The van der Waals surface area contributed by atoms with Gasteiger partial charge in [-0.3, -0.25) is 19.4 Å². The molecule has 3 fully saturated rings. The number of nitrogens with one attached hydrogen (secondary N) is 1. The van der Waals surface area contributed by atoms with Gasteiger partial charge in [-0.2, -0.15) is 0 Å². The molecule has 3 aliphatic rings. The van der Waals surface area contributed by atoms with Crippen LogP contribution < -0.4 is 5.32 Å². The average molecular weight is 370 g/mol. The van der Waals surface area contributed by atoms with E-state index >= 15 is 0 Å². The second kappa shape index (κ2) is 7.24. The molecular weight excluding hydrogens is 340 g/mol. The Morgan fingerprint density at radius 1 is 1.19 bits per heavy atom. The Morgan fingerprint density at radius 2 is 1.89 bits per heavy atom. The summed E-state index contributed by atoms with van der Waals surface area (Å²) in [6.07, 6.45) is 3.02. The van der Waals surface area contributed by atoms with Crippen molar-refractivity contribution < 1.29 is 9.59 Å². The van der Waals surface area contributed by atoms with Gasteiger partial charge in [0.1, 0.15) is 0 Å². The number of likely N-dealkylation sites (tertiary alicyclic amines) is 2. The summed E-state index contributed by atoms with van der Waals surface area (Å²) in [4.78, 5) is 31.1. The molecule has 0 radical (unpaired) electrons. The molecule has 2 aliphatic heterocycles. The third-order valence-corrected chi connectivity index (χ3v) is 6.09. The Labute approximate surface area is 161 Å². The number of likely N-dealkylation sites (N-methyl/N-ethyl adjacent to an activating group) is 2. The molecule has 2 heterocycles. The maximum atomic E-state index is 12.9. The highest BCUT2D eigenvalue weighted by Gasteiger charge is 2.52. The molecule has 1 N–H and O–H groups in total. The molecule has 1 spiro atoms. The van der Waals surface area contributed by atoms with Crippen molar-refractivity contribution in [3.63, 3.8) is 0 Å². The summed E-state index contributed by atoms with van der Waals surface area (Å²) >= 11 is 0. The smallest absolute Gasteiger partial charge is 0.240 e. The third kappa shape index (κ3) is 4.17. The zero-order valence-electron chi connectivity index (χ0n) is 16.4. The lowest BCUT2D eigenvalue weighted by Crippen LogP contribution is -2.56. The SMILES string of the molecule is CN(CC(=O)NC1CC1)C(=O)C1CC2(CN(Cc3ccccc3)C2)CN1C. The Balaban J connectivity index is 1.28. The summed E-state index contributed by atoms with van der Waals surface area (Å²) in [7, 11) is 3.78. The molecule has 27 heavy (non-hydrogen) atoms. The molecule has 146 valence electrons. The summed E-state index contributed by atoms with van der Waals surface area (Å²) in [5.41, 5.74) is 1.56. The third-order valence-electron chi connectivity index (χ3n) is 6.09. The summed E-state index contributed by atoms with van der Waals surface area (Å²) in [6.45, 7) is 4.18. The highest BCUT2D eigenvalue weighted by atomic mass is 16.2. The van der Waals surface area contributed by atoms with Crippen LogP contribution >= 0.6 is 0 Å². The lowest BCUT2D eigenvalue weighted by molar-refractivity contribution is -0.138. The Morgan fingerprint density at radius 3 is 2.56 bits per heavy atom. The van der Waals surface area contributed by atoms with E-state index in [4.69, 9.17) is 0 Å². The predicted molar refractivity (Wildman–Crippen MR) is 104 cm³/mol. The monoisotopic (exact) mass is 370 g/mol. The average Bonchev–Trinajstić information content (AvgIpc) is 3.35. The van der Waals surface area contributed by atoms with Gasteiger partial charge in [0.25, 0.3) is 0 Å². The van der Waals surface area contributed by atoms with E-state index in [0.717, 1.165) is 45.4 Å². The van der Waals surface area contributed by atoms with Gasteiger partial charge in [0, 0.05) is 44.7 Å². The fourth-order valence-electron chi connectivity index (χ4n) is 4.68. The maximum Gasteiger partial charge on any atom is 0.240 e. The fraction of sp³-hybridized carbons (Fsp3) is 0.619. The lowest BCUT2D eigenvalue weighted by atomic mass is 9.77. The van der Waals surface area contributed by atoms with E-state index in [1.165, 1.54) is 5.56 Å². The molecule has 2 saturated heterocycles. The number of carbonyl (C=O) groups is 2. The van der Waals surface area contributed by atoms with Crippen molar-refractivity contribution in [1.82, 2.24) is 20.0 Å². The molecule has 0 aromatic heterocycles. The minimum Gasteiger partial charge on any atom is -0.352 e. The van der Waals surface area contributed by atoms with Crippen LogP contribution in [-0.4, -0.2) is 78.9 Å².